The number of pyridine rings is 1. The lowest BCUT2D eigenvalue weighted by molar-refractivity contribution is -0.142. The number of rotatable bonds is 15. The predicted octanol–water partition coefficient (Wildman–Crippen LogP) is 6.63. The van der Waals surface area contributed by atoms with Gasteiger partial charge in [-0.3, -0.25) is 18.9 Å². The Bertz CT molecular complexity index is 2130. The summed E-state index contributed by atoms with van der Waals surface area (Å²) in [6.45, 7) is 14.2. The molecule has 2 saturated carbocycles. The molecule has 6 atom stereocenters. The smallest absolute Gasteiger partial charge is 0.408 e. The topological polar surface area (TPSA) is 208 Å². The van der Waals surface area contributed by atoms with Crippen molar-refractivity contribution in [2.75, 3.05) is 25.6 Å². The zero-order valence-corrected chi connectivity index (χ0v) is 36.3. The number of alkyl carbamates (subject to hydrolysis) is 1. The number of likely N-dealkylation sites (tertiary alicyclic amines) is 1. The number of thiazole rings is 1. The average molecular weight is 855 g/mol. The molecule has 0 bridgehead atoms. The number of carbonyl (C=O) groups excluding carboxylic acids is 4. The van der Waals surface area contributed by atoms with E-state index in [1.807, 2.05) is 0 Å². The van der Waals surface area contributed by atoms with Crippen LogP contribution < -0.4 is 25.4 Å². The second-order valence-corrected chi connectivity index (χ2v) is 19.7. The monoisotopic (exact) mass is 854 g/mol. The molecule has 18 heteroatoms. The van der Waals surface area contributed by atoms with Crippen LogP contribution in [0.4, 0.5) is 9.93 Å². The van der Waals surface area contributed by atoms with Crippen LogP contribution in [-0.2, 0) is 28.2 Å². The largest absolute Gasteiger partial charge is 0.497 e. The zero-order chi connectivity index (χ0) is 42.9. The molecule has 3 fully saturated rings. The van der Waals surface area contributed by atoms with Crippen LogP contribution >= 0.6 is 18.9 Å². The predicted molar refractivity (Wildman–Crippen MR) is 223 cm³/mol. The van der Waals surface area contributed by atoms with E-state index in [2.05, 4.69) is 27.5 Å². The van der Waals surface area contributed by atoms with Gasteiger partial charge < -0.3 is 44.5 Å². The number of hydrogen-bond acceptors (Lipinski definition) is 12. The summed E-state index contributed by atoms with van der Waals surface area (Å²) in [7, 11) is -2.84. The zero-order valence-electron chi connectivity index (χ0n) is 34.6. The summed E-state index contributed by atoms with van der Waals surface area (Å²) in [4.78, 5) is 76.6. The molecular weight excluding hydrogens is 800 g/mol. The van der Waals surface area contributed by atoms with Crippen LogP contribution in [0.5, 0.6) is 11.5 Å². The fraction of sp³-hybridized carbons (Fsp3) is 0.561. The molecule has 1 saturated heterocycles. The van der Waals surface area contributed by atoms with Crippen molar-refractivity contribution in [3.8, 4) is 22.9 Å². The maximum Gasteiger partial charge on any atom is 0.408 e. The Hall–Kier alpha value is -4.57. The molecule has 3 aliphatic rings. The highest BCUT2D eigenvalue weighted by molar-refractivity contribution is 7.55. The molecule has 16 nitrogen and oxygen atoms in total. The molecule has 59 heavy (non-hydrogen) atoms. The van der Waals surface area contributed by atoms with Crippen molar-refractivity contribution in [2.45, 2.75) is 110 Å². The van der Waals surface area contributed by atoms with E-state index in [0.717, 1.165) is 25.7 Å². The molecule has 0 spiro atoms. The highest BCUT2D eigenvalue weighted by Gasteiger charge is 2.67. The number of benzene rings is 1. The van der Waals surface area contributed by atoms with E-state index >= 15 is 0 Å². The number of nitrogens with one attached hydrogen (secondary N) is 3. The Kier molecular flexibility index (Phi) is 13.1. The second-order valence-electron chi connectivity index (χ2n) is 16.7. The molecule has 1 aliphatic heterocycles. The van der Waals surface area contributed by atoms with Crippen molar-refractivity contribution in [1.82, 2.24) is 25.5 Å². The van der Waals surface area contributed by atoms with Gasteiger partial charge in [0.25, 0.3) is 0 Å². The number of fused-ring (bicyclic) bond motifs is 1. The van der Waals surface area contributed by atoms with E-state index < -0.39 is 60.3 Å². The van der Waals surface area contributed by atoms with Crippen LogP contribution in [0.1, 0.15) is 80.1 Å². The minimum Gasteiger partial charge on any atom is -0.497 e. The first-order valence-corrected chi connectivity index (χ1v) is 22.5. The molecule has 2 aromatic heterocycles. The normalized spacial score (nSPS) is 23.3. The fourth-order valence-electron chi connectivity index (χ4n) is 7.59. The van der Waals surface area contributed by atoms with Crippen molar-refractivity contribution in [2.24, 2.45) is 17.3 Å². The number of methoxy groups -OCH3 is 1. The van der Waals surface area contributed by atoms with Crippen LogP contribution in [0.2, 0.25) is 0 Å². The molecule has 4 N–H and O–H groups in total. The lowest BCUT2D eigenvalue weighted by Crippen LogP contribution is -2.58. The van der Waals surface area contributed by atoms with Crippen molar-refractivity contribution < 1.29 is 47.4 Å². The summed E-state index contributed by atoms with van der Waals surface area (Å²) in [5.41, 5.74) is 0.641. The van der Waals surface area contributed by atoms with Gasteiger partial charge >= 0.3 is 13.7 Å². The number of ether oxygens (including phenoxy) is 3. The van der Waals surface area contributed by atoms with Gasteiger partial charge in [0.2, 0.25) is 17.7 Å². The van der Waals surface area contributed by atoms with E-state index in [0.29, 0.717) is 38.9 Å². The lowest BCUT2D eigenvalue weighted by Gasteiger charge is -2.35. The minimum absolute atomic E-state index is 0.00244. The number of anilines is 1. The van der Waals surface area contributed by atoms with Crippen LogP contribution in [-0.4, -0.2) is 93.4 Å². The van der Waals surface area contributed by atoms with Gasteiger partial charge in [0, 0.05) is 41.2 Å². The fourth-order valence-corrected chi connectivity index (χ4v) is 10.1. The third-order valence-corrected chi connectivity index (χ3v) is 14.0. The number of aromatic nitrogens is 2. The van der Waals surface area contributed by atoms with Crippen LogP contribution in [0.3, 0.4) is 0 Å². The first-order valence-electron chi connectivity index (χ1n) is 20.0. The van der Waals surface area contributed by atoms with Gasteiger partial charge in [-0.1, -0.05) is 40.7 Å². The summed E-state index contributed by atoms with van der Waals surface area (Å²) >= 11 is 1.25. The average Bonchev–Trinajstić information content (AvgIpc) is 3.58. The quantitative estimate of drug-likeness (QED) is 0.0939. The molecule has 320 valence electrons. The van der Waals surface area contributed by atoms with Crippen molar-refractivity contribution in [3.05, 3.63) is 42.3 Å². The maximum absolute atomic E-state index is 14.7. The lowest BCUT2D eigenvalue weighted by atomic mass is 9.85. The van der Waals surface area contributed by atoms with E-state index in [-0.39, 0.29) is 43.9 Å². The molecule has 3 aromatic rings. The molecule has 0 radical (unpaired) electrons. The van der Waals surface area contributed by atoms with Gasteiger partial charge in [-0.2, -0.15) is 0 Å². The van der Waals surface area contributed by atoms with Gasteiger partial charge in [0.05, 0.1) is 31.5 Å². The summed E-state index contributed by atoms with van der Waals surface area (Å²) in [6, 6.07) is 4.75. The Morgan fingerprint density at radius 3 is 2.47 bits per heavy atom. The Labute approximate surface area is 348 Å². The second kappa shape index (κ2) is 17.6. The van der Waals surface area contributed by atoms with Gasteiger partial charge in [-0.15, -0.1) is 17.9 Å². The van der Waals surface area contributed by atoms with Gasteiger partial charge in [0.1, 0.15) is 46.8 Å². The number of amides is 4. The minimum atomic E-state index is -4.38. The summed E-state index contributed by atoms with van der Waals surface area (Å²) in [5.74, 6) is -1.23. The highest BCUT2D eigenvalue weighted by atomic mass is 32.1. The highest BCUT2D eigenvalue weighted by Crippen LogP contribution is 2.70. The maximum atomic E-state index is 14.7. The van der Waals surface area contributed by atoms with Gasteiger partial charge in [-0.05, 0) is 56.6 Å². The molecule has 3 heterocycles. The number of carbonyl (C=O) groups is 4. The van der Waals surface area contributed by atoms with E-state index in [4.69, 9.17) is 23.7 Å². The summed E-state index contributed by atoms with van der Waals surface area (Å²) < 4.78 is 36.7. The first kappa shape index (κ1) is 44.0. The van der Waals surface area contributed by atoms with Crippen molar-refractivity contribution >= 4 is 58.8 Å². The molecule has 2 aliphatic carbocycles. The summed E-state index contributed by atoms with van der Waals surface area (Å²) in [5, 5.41) is 9.59. The Morgan fingerprint density at radius 1 is 1.12 bits per heavy atom. The van der Waals surface area contributed by atoms with E-state index in [1.165, 1.54) is 22.3 Å². The van der Waals surface area contributed by atoms with Crippen LogP contribution in [0.25, 0.3) is 22.3 Å². The standard InChI is InChI=1S/C41H55N6O10PS/c1-9-24-20-41(24,58(52,53)55-10-2)46-36(49)32-18-27(21-47(32)37(50)34(40(5,6)7)44-39(51)57-25-13-11-12-14-25)56-33-19-30(42-29-17-26(54-8)15-16-28(29)33)31-22-59-38(43-31)45-35(48)23(3)4/h9,15-17,19,22-25,27,32,34H,1,10-14,18,20-21H2,2-8H3,(H,44,51)(H,46,49)(H,52,53)(H,43,45,48)/t24-,27-,32?,34-,41+/m1/s1. The van der Waals surface area contributed by atoms with Crippen LogP contribution in [0.15, 0.2) is 42.3 Å². The van der Waals surface area contributed by atoms with E-state index in [1.54, 1.807) is 78.3 Å². The van der Waals surface area contributed by atoms with Crippen molar-refractivity contribution in [1.29, 1.82) is 0 Å². The summed E-state index contributed by atoms with van der Waals surface area (Å²) in [6.07, 6.45) is 3.30. The number of nitrogens with zero attached hydrogens (tertiary/aromatic N) is 3. The van der Waals surface area contributed by atoms with Gasteiger partial charge in [-0.25, -0.2) is 14.8 Å². The van der Waals surface area contributed by atoms with Gasteiger partial charge in [0.15, 0.2) is 5.13 Å². The molecule has 4 amide bonds. The third-order valence-electron chi connectivity index (χ3n) is 11.0. The SMILES string of the molecule is C=C[C@@H]1C[C@]1(NC(=O)C1C[C@@H](Oc2cc(-c3csc(NC(=O)C(C)C)n3)nc3cc(OC)ccc23)CN1C(=O)[C@@H](NC(=O)OC1CCCC1)C(C)(C)C)P(=O)(O)OCC. The Balaban J connectivity index is 1.34. The third kappa shape index (κ3) is 9.58. The van der Waals surface area contributed by atoms with Crippen molar-refractivity contribution in [3.63, 3.8) is 0 Å². The van der Waals surface area contributed by atoms with Crippen LogP contribution in [0, 0.1) is 17.3 Å². The molecule has 6 rings (SSSR count). The molecular formula is C41H55N6O10PS. The Morgan fingerprint density at radius 2 is 1.85 bits per heavy atom. The molecule has 2 unspecified atom stereocenters. The molecule has 1 aromatic carbocycles. The number of hydrogen-bond donors (Lipinski definition) is 4. The van der Waals surface area contributed by atoms with E-state index in [9.17, 15) is 28.6 Å². The first-order chi connectivity index (χ1) is 27.9.